The van der Waals surface area contributed by atoms with E-state index in [0.717, 1.165) is 5.56 Å². The molecule has 4 rings (SSSR count). The van der Waals surface area contributed by atoms with E-state index in [1.54, 1.807) is 42.7 Å². The molecule has 6 heteroatoms. The fourth-order valence-electron chi connectivity index (χ4n) is 4.01. The van der Waals surface area contributed by atoms with E-state index in [9.17, 15) is 18.8 Å². The molecule has 0 bridgehead atoms. The summed E-state index contributed by atoms with van der Waals surface area (Å²) in [7, 11) is 0. The number of rotatable bonds is 3. The Bertz CT molecular complexity index is 1300. The molecule has 0 atom stereocenters. The van der Waals surface area contributed by atoms with Crippen LogP contribution >= 0.6 is 0 Å². The van der Waals surface area contributed by atoms with Gasteiger partial charge in [-0.15, -0.1) is 0 Å². The number of ketones is 1. The lowest BCUT2D eigenvalue weighted by Crippen LogP contribution is -2.27. The zero-order chi connectivity index (χ0) is 21.6. The highest BCUT2D eigenvalue weighted by atomic mass is 19.1. The van der Waals surface area contributed by atoms with Gasteiger partial charge in [-0.2, -0.15) is 0 Å². The van der Waals surface area contributed by atoms with Gasteiger partial charge in [-0.05, 0) is 55.7 Å². The minimum Gasteiger partial charge on any atom is -0.462 e. The van der Waals surface area contributed by atoms with Crippen LogP contribution in [-0.4, -0.2) is 22.9 Å². The predicted molar refractivity (Wildman–Crippen MR) is 112 cm³/mol. The summed E-state index contributed by atoms with van der Waals surface area (Å²) in [5.74, 6) is -1.22. The summed E-state index contributed by atoms with van der Waals surface area (Å²) in [6.07, 6.45) is 3.17. The van der Waals surface area contributed by atoms with Gasteiger partial charge in [-0.3, -0.25) is 9.59 Å². The molecule has 0 aliphatic carbocycles. The van der Waals surface area contributed by atoms with Crippen molar-refractivity contribution in [2.24, 2.45) is 0 Å². The van der Waals surface area contributed by atoms with Crippen molar-refractivity contribution in [3.05, 3.63) is 86.0 Å². The topological polar surface area (TPSA) is 65.4 Å². The Morgan fingerprint density at radius 2 is 1.87 bits per heavy atom. The number of allylic oxidation sites excluding steroid dienone is 1. The standard InChI is InChI=1S/C24H20FNO4/c1-4-30-24(29)18-12-26-11-16(10-15-5-7-17(25)8-6-15)22(27)19-13(2)9-14(3)20(21(19)26)23(18)28/h5-10,12H,4,11H2,1-3H3/b16-10+. The van der Waals surface area contributed by atoms with Crippen LogP contribution in [0, 0.1) is 19.7 Å². The Hall–Kier alpha value is -3.54. The maximum Gasteiger partial charge on any atom is 0.343 e. The Morgan fingerprint density at radius 1 is 1.17 bits per heavy atom. The van der Waals surface area contributed by atoms with Crippen molar-refractivity contribution in [1.82, 2.24) is 4.57 Å². The fourth-order valence-corrected chi connectivity index (χ4v) is 4.01. The van der Waals surface area contributed by atoms with Gasteiger partial charge in [-0.1, -0.05) is 18.2 Å². The van der Waals surface area contributed by atoms with Crippen LogP contribution in [0.3, 0.4) is 0 Å². The first-order valence-corrected chi connectivity index (χ1v) is 9.67. The van der Waals surface area contributed by atoms with Crippen LogP contribution in [0.25, 0.3) is 17.0 Å². The van der Waals surface area contributed by atoms with E-state index in [1.807, 2.05) is 6.92 Å². The van der Waals surface area contributed by atoms with Gasteiger partial charge >= 0.3 is 5.97 Å². The first kappa shape index (κ1) is 19.8. The third-order valence-electron chi connectivity index (χ3n) is 5.30. The van der Waals surface area contributed by atoms with E-state index < -0.39 is 11.4 Å². The number of aryl methyl sites for hydroxylation is 2. The molecular weight excluding hydrogens is 385 g/mol. The van der Waals surface area contributed by atoms with E-state index in [2.05, 4.69) is 0 Å². The van der Waals surface area contributed by atoms with Gasteiger partial charge in [-0.25, -0.2) is 9.18 Å². The maximum absolute atomic E-state index is 13.3. The van der Waals surface area contributed by atoms with E-state index in [1.165, 1.54) is 18.3 Å². The second kappa shape index (κ2) is 7.37. The SMILES string of the molecule is CCOC(=O)c1cn2c3c(c(C)cc(C)c3c1=O)C(=O)/C(=C/c1ccc(F)cc1)C2. The Labute approximate surface area is 172 Å². The molecule has 1 aliphatic heterocycles. The first-order valence-electron chi connectivity index (χ1n) is 9.67. The van der Waals surface area contributed by atoms with Crippen molar-refractivity contribution in [2.75, 3.05) is 6.61 Å². The summed E-state index contributed by atoms with van der Waals surface area (Å²) < 4.78 is 20.1. The summed E-state index contributed by atoms with van der Waals surface area (Å²) in [5, 5.41) is 0.357. The Morgan fingerprint density at radius 3 is 2.53 bits per heavy atom. The molecule has 1 aromatic heterocycles. The lowest BCUT2D eigenvalue weighted by atomic mass is 9.89. The summed E-state index contributed by atoms with van der Waals surface area (Å²) in [6.45, 7) is 5.64. The lowest BCUT2D eigenvalue weighted by Gasteiger charge is -2.24. The first-order chi connectivity index (χ1) is 14.3. The maximum atomic E-state index is 13.3. The molecule has 5 nitrogen and oxygen atoms in total. The van der Waals surface area contributed by atoms with E-state index in [0.29, 0.717) is 33.2 Å². The summed E-state index contributed by atoms with van der Waals surface area (Å²) in [4.78, 5) is 38.7. The number of benzene rings is 2. The van der Waals surface area contributed by atoms with E-state index in [-0.39, 0.29) is 30.3 Å². The highest BCUT2D eigenvalue weighted by Crippen LogP contribution is 2.32. The molecule has 0 saturated heterocycles. The number of Topliss-reactive ketones (excluding diaryl/α,β-unsaturated/α-hetero) is 1. The molecule has 0 fully saturated rings. The van der Waals surface area contributed by atoms with Crippen molar-refractivity contribution >= 4 is 28.7 Å². The number of hydrogen-bond acceptors (Lipinski definition) is 4. The van der Waals surface area contributed by atoms with Crippen LogP contribution in [0.1, 0.15) is 44.3 Å². The molecule has 2 heterocycles. The molecule has 152 valence electrons. The number of aromatic nitrogens is 1. The van der Waals surface area contributed by atoms with Crippen molar-refractivity contribution in [1.29, 1.82) is 0 Å². The molecule has 2 aromatic carbocycles. The van der Waals surface area contributed by atoms with Gasteiger partial charge in [0, 0.05) is 17.3 Å². The van der Waals surface area contributed by atoms with Gasteiger partial charge in [0.15, 0.2) is 5.78 Å². The highest BCUT2D eigenvalue weighted by molar-refractivity contribution is 6.20. The fraction of sp³-hybridized carbons (Fsp3) is 0.208. The molecule has 30 heavy (non-hydrogen) atoms. The van der Waals surface area contributed by atoms with Crippen molar-refractivity contribution in [3.8, 4) is 0 Å². The average Bonchev–Trinajstić information content (AvgIpc) is 2.69. The normalized spacial score (nSPS) is 14.4. The third kappa shape index (κ3) is 3.14. The molecule has 0 unspecified atom stereocenters. The van der Waals surface area contributed by atoms with E-state index >= 15 is 0 Å². The summed E-state index contributed by atoms with van der Waals surface area (Å²) in [6, 6.07) is 7.64. The number of carbonyl (C=O) groups is 2. The molecule has 0 radical (unpaired) electrons. The monoisotopic (exact) mass is 405 g/mol. The number of ether oxygens (including phenoxy) is 1. The second-order valence-electron chi connectivity index (χ2n) is 7.38. The molecular formula is C24H20FNO4. The van der Waals surface area contributed by atoms with Gasteiger partial charge in [0.25, 0.3) is 0 Å². The van der Waals surface area contributed by atoms with Gasteiger partial charge in [0.2, 0.25) is 5.43 Å². The highest BCUT2D eigenvalue weighted by Gasteiger charge is 2.29. The quantitative estimate of drug-likeness (QED) is 0.484. The molecule has 3 aromatic rings. The van der Waals surface area contributed by atoms with Gasteiger partial charge < -0.3 is 9.30 Å². The number of hydrogen-bond donors (Lipinski definition) is 0. The Kier molecular flexibility index (Phi) is 4.86. The number of halogens is 1. The average molecular weight is 405 g/mol. The van der Waals surface area contributed by atoms with Crippen LogP contribution in [0.15, 0.2) is 46.9 Å². The number of carbonyl (C=O) groups excluding carboxylic acids is 2. The van der Waals surface area contributed by atoms with Gasteiger partial charge in [0.1, 0.15) is 11.4 Å². The smallest absolute Gasteiger partial charge is 0.343 e. The zero-order valence-electron chi connectivity index (χ0n) is 16.9. The molecule has 1 aliphatic rings. The van der Waals surface area contributed by atoms with Crippen LogP contribution < -0.4 is 5.43 Å². The van der Waals surface area contributed by atoms with E-state index in [4.69, 9.17) is 4.74 Å². The van der Waals surface area contributed by atoms with Crippen LogP contribution in [0.4, 0.5) is 4.39 Å². The van der Waals surface area contributed by atoms with Crippen LogP contribution in [0.5, 0.6) is 0 Å². The van der Waals surface area contributed by atoms with Crippen molar-refractivity contribution in [2.45, 2.75) is 27.3 Å². The zero-order valence-corrected chi connectivity index (χ0v) is 16.9. The van der Waals surface area contributed by atoms with Gasteiger partial charge in [0.05, 0.1) is 24.1 Å². The third-order valence-corrected chi connectivity index (χ3v) is 5.30. The van der Waals surface area contributed by atoms with Crippen LogP contribution in [0.2, 0.25) is 0 Å². The minimum atomic E-state index is -0.685. The van der Waals surface area contributed by atoms with Crippen molar-refractivity contribution < 1.29 is 18.7 Å². The number of pyridine rings is 1. The molecule has 0 amide bonds. The Balaban J connectivity index is 1.99. The molecule has 0 N–H and O–H groups in total. The predicted octanol–water partition coefficient (Wildman–Crippen LogP) is 4.21. The minimum absolute atomic E-state index is 0.0577. The largest absolute Gasteiger partial charge is 0.462 e. The van der Waals surface area contributed by atoms with Crippen molar-refractivity contribution in [3.63, 3.8) is 0 Å². The number of nitrogens with zero attached hydrogens (tertiary/aromatic N) is 1. The lowest BCUT2D eigenvalue weighted by molar-refractivity contribution is 0.0524. The number of esters is 1. The molecule has 0 spiro atoms. The summed E-state index contributed by atoms with van der Waals surface area (Å²) in [5.41, 5.74) is 3.13. The summed E-state index contributed by atoms with van der Waals surface area (Å²) >= 11 is 0. The molecule has 0 saturated carbocycles. The second-order valence-corrected chi connectivity index (χ2v) is 7.38. The van der Waals surface area contributed by atoms with Crippen LogP contribution in [-0.2, 0) is 11.3 Å².